The molecule has 164 valence electrons. The topological polar surface area (TPSA) is 83.5 Å². The summed E-state index contributed by atoms with van der Waals surface area (Å²) in [5.74, 6) is 2.19. The summed E-state index contributed by atoms with van der Waals surface area (Å²) in [7, 11) is 6.51. The molecule has 0 aliphatic carbocycles. The Bertz CT molecular complexity index is 973. The quantitative estimate of drug-likeness (QED) is 0.506. The van der Waals surface area contributed by atoms with Crippen LogP contribution in [0.4, 0.5) is 0 Å². The van der Waals surface area contributed by atoms with Crippen LogP contribution < -0.4 is 14.8 Å². The van der Waals surface area contributed by atoms with Gasteiger partial charge in [-0.25, -0.2) is 12.7 Å². The van der Waals surface area contributed by atoms with Crippen LogP contribution in [0.25, 0.3) is 0 Å². The highest BCUT2D eigenvalue weighted by Gasteiger charge is 2.16. The number of nitrogens with zero attached hydrogens (tertiary/aromatic N) is 3. The van der Waals surface area contributed by atoms with Crippen LogP contribution >= 0.6 is 0 Å². The van der Waals surface area contributed by atoms with Crippen molar-refractivity contribution in [3.05, 3.63) is 53.6 Å². The van der Waals surface area contributed by atoms with E-state index in [9.17, 15) is 8.42 Å². The van der Waals surface area contributed by atoms with Crippen molar-refractivity contribution in [3.8, 4) is 11.5 Å². The predicted octanol–water partition coefficient (Wildman–Crippen LogP) is 2.16. The number of aliphatic imine (C=N–C) groups is 1. The van der Waals surface area contributed by atoms with E-state index in [0.29, 0.717) is 19.0 Å². The van der Waals surface area contributed by atoms with Gasteiger partial charge in [-0.05, 0) is 29.8 Å². The van der Waals surface area contributed by atoms with Crippen LogP contribution in [0.2, 0.25) is 0 Å². The fraction of sp³-hybridized carbons (Fsp3) is 0.381. The molecule has 0 atom stereocenters. The molecular weight excluding hydrogens is 404 g/mol. The molecule has 1 N–H and O–H groups in total. The minimum atomic E-state index is -3.43. The lowest BCUT2D eigenvalue weighted by Crippen LogP contribution is -2.38. The second-order valence-corrected chi connectivity index (χ2v) is 9.02. The van der Waals surface area contributed by atoms with Gasteiger partial charge in [0, 0.05) is 52.9 Å². The summed E-state index contributed by atoms with van der Waals surface area (Å²) in [6.45, 7) is 1.10. The lowest BCUT2D eigenvalue weighted by molar-refractivity contribution is 0.382. The van der Waals surface area contributed by atoms with Gasteiger partial charge in [0.05, 0.1) is 19.1 Å². The minimum absolute atomic E-state index is 0.268. The summed E-state index contributed by atoms with van der Waals surface area (Å²) in [4.78, 5) is 6.58. The van der Waals surface area contributed by atoms with E-state index in [0.717, 1.165) is 22.6 Å². The van der Waals surface area contributed by atoms with E-state index >= 15 is 0 Å². The van der Waals surface area contributed by atoms with Gasteiger partial charge < -0.3 is 19.7 Å². The first kappa shape index (κ1) is 23.5. The number of rotatable bonds is 8. The first-order valence-corrected chi connectivity index (χ1v) is 10.8. The van der Waals surface area contributed by atoms with Crippen LogP contribution in [0, 0.1) is 0 Å². The van der Waals surface area contributed by atoms with Gasteiger partial charge in [0.15, 0.2) is 5.96 Å². The van der Waals surface area contributed by atoms with E-state index in [2.05, 4.69) is 10.3 Å². The molecule has 0 aliphatic heterocycles. The van der Waals surface area contributed by atoms with E-state index in [1.807, 2.05) is 30.1 Å². The SMILES string of the molecule is CN=C(NCc1ccc(S(=O)(=O)N(C)C)cc1)N(C)Cc1ccc(OC)cc1OC. The molecule has 0 bridgehead atoms. The molecule has 8 nitrogen and oxygen atoms in total. The molecular formula is C21H30N4O4S. The molecule has 0 heterocycles. The van der Waals surface area contributed by atoms with Crippen LogP contribution in [0.15, 0.2) is 52.4 Å². The number of benzene rings is 2. The highest BCUT2D eigenvalue weighted by molar-refractivity contribution is 7.89. The number of sulfonamides is 1. The highest BCUT2D eigenvalue weighted by atomic mass is 32.2. The van der Waals surface area contributed by atoms with E-state index < -0.39 is 10.0 Å². The van der Waals surface area contributed by atoms with Crippen LogP contribution in [0.5, 0.6) is 11.5 Å². The van der Waals surface area contributed by atoms with E-state index in [4.69, 9.17) is 9.47 Å². The van der Waals surface area contributed by atoms with Gasteiger partial charge in [-0.3, -0.25) is 4.99 Å². The molecule has 9 heteroatoms. The van der Waals surface area contributed by atoms with Gasteiger partial charge in [-0.2, -0.15) is 0 Å². The van der Waals surface area contributed by atoms with E-state index in [1.54, 1.807) is 45.5 Å². The molecule has 0 aliphatic rings. The first-order valence-electron chi connectivity index (χ1n) is 9.37. The fourth-order valence-corrected chi connectivity index (χ4v) is 3.77. The van der Waals surface area contributed by atoms with Crippen molar-refractivity contribution in [2.24, 2.45) is 4.99 Å². The Morgan fingerprint density at radius 3 is 2.23 bits per heavy atom. The molecule has 0 aromatic heterocycles. The maximum absolute atomic E-state index is 12.2. The van der Waals surface area contributed by atoms with Crippen molar-refractivity contribution in [3.63, 3.8) is 0 Å². The zero-order valence-corrected chi connectivity index (χ0v) is 19.2. The monoisotopic (exact) mass is 434 g/mol. The lowest BCUT2D eigenvalue weighted by Gasteiger charge is -2.23. The van der Waals surface area contributed by atoms with Gasteiger partial charge in [0.2, 0.25) is 10.0 Å². The molecule has 0 amide bonds. The van der Waals surface area contributed by atoms with E-state index in [1.165, 1.54) is 18.4 Å². The zero-order chi connectivity index (χ0) is 22.3. The van der Waals surface area contributed by atoms with Crippen LogP contribution in [-0.2, 0) is 23.1 Å². The second-order valence-electron chi connectivity index (χ2n) is 6.87. The standard InChI is InChI=1S/C21H30N4O4S/c1-22-21(25(4)15-17-9-10-18(28-5)13-20(17)29-6)23-14-16-7-11-19(12-8-16)30(26,27)24(2)3/h7-13H,14-15H2,1-6H3,(H,22,23). The summed E-state index contributed by atoms with van der Waals surface area (Å²) in [5.41, 5.74) is 1.95. The number of guanidine groups is 1. The van der Waals surface area contributed by atoms with E-state index in [-0.39, 0.29) is 4.90 Å². The van der Waals surface area contributed by atoms with Crippen molar-refractivity contribution in [2.75, 3.05) is 42.4 Å². The normalized spacial score (nSPS) is 12.0. The van der Waals surface area contributed by atoms with Crippen molar-refractivity contribution in [1.29, 1.82) is 0 Å². The summed E-state index contributed by atoms with van der Waals surface area (Å²) < 4.78 is 36.3. The van der Waals surface area contributed by atoms with Crippen LogP contribution in [0.1, 0.15) is 11.1 Å². The Labute approximate surface area is 179 Å². The highest BCUT2D eigenvalue weighted by Crippen LogP contribution is 2.25. The summed E-state index contributed by atoms with van der Waals surface area (Å²) in [5, 5.41) is 3.30. The van der Waals surface area contributed by atoms with Gasteiger partial charge in [0.25, 0.3) is 0 Å². The molecule has 0 spiro atoms. The third-order valence-corrected chi connectivity index (χ3v) is 6.46. The molecule has 2 rings (SSSR count). The average Bonchev–Trinajstić information content (AvgIpc) is 2.74. The molecule has 0 radical (unpaired) electrons. The first-order chi connectivity index (χ1) is 14.2. The summed E-state index contributed by atoms with van der Waals surface area (Å²) in [6.07, 6.45) is 0. The van der Waals surface area contributed by atoms with Crippen molar-refractivity contribution in [2.45, 2.75) is 18.0 Å². The maximum Gasteiger partial charge on any atom is 0.242 e. The smallest absolute Gasteiger partial charge is 0.242 e. The average molecular weight is 435 g/mol. The van der Waals surface area contributed by atoms with Gasteiger partial charge in [-0.15, -0.1) is 0 Å². The number of methoxy groups -OCH3 is 2. The van der Waals surface area contributed by atoms with Gasteiger partial charge >= 0.3 is 0 Å². The van der Waals surface area contributed by atoms with Gasteiger partial charge in [0.1, 0.15) is 11.5 Å². The molecule has 0 saturated carbocycles. The molecule has 0 unspecified atom stereocenters. The molecule has 0 fully saturated rings. The lowest BCUT2D eigenvalue weighted by atomic mass is 10.2. The van der Waals surface area contributed by atoms with Crippen molar-refractivity contribution >= 4 is 16.0 Å². The molecule has 2 aromatic carbocycles. The Kier molecular flexibility index (Phi) is 8.08. The van der Waals surface area contributed by atoms with Crippen molar-refractivity contribution in [1.82, 2.24) is 14.5 Å². The molecule has 30 heavy (non-hydrogen) atoms. The fourth-order valence-electron chi connectivity index (χ4n) is 2.87. The summed E-state index contributed by atoms with van der Waals surface area (Å²) in [6, 6.07) is 12.5. The number of nitrogens with one attached hydrogen (secondary N) is 1. The second kappa shape index (κ2) is 10.3. The molecule has 2 aromatic rings. The Morgan fingerprint density at radius 1 is 1.03 bits per heavy atom. The molecule has 0 saturated heterocycles. The Hall–Kier alpha value is -2.78. The maximum atomic E-state index is 12.2. The van der Waals surface area contributed by atoms with Crippen LogP contribution in [-0.4, -0.2) is 66.0 Å². The third kappa shape index (κ3) is 5.64. The van der Waals surface area contributed by atoms with Crippen LogP contribution in [0.3, 0.4) is 0 Å². The summed E-state index contributed by atoms with van der Waals surface area (Å²) >= 11 is 0. The van der Waals surface area contributed by atoms with Crippen molar-refractivity contribution < 1.29 is 17.9 Å². The number of hydrogen-bond acceptors (Lipinski definition) is 5. The largest absolute Gasteiger partial charge is 0.497 e. The number of hydrogen-bond donors (Lipinski definition) is 1. The minimum Gasteiger partial charge on any atom is -0.497 e. The zero-order valence-electron chi connectivity index (χ0n) is 18.3. The van der Waals surface area contributed by atoms with Gasteiger partial charge in [-0.1, -0.05) is 12.1 Å². The predicted molar refractivity (Wildman–Crippen MR) is 119 cm³/mol. The third-order valence-electron chi connectivity index (χ3n) is 4.63. The number of ether oxygens (including phenoxy) is 2. The Morgan fingerprint density at radius 2 is 1.70 bits per heavy atom. The Balaban J connectivity index is 2.04.